The zero-order valence-corrected chi connectivity index (χ0v) is 19.7. The third-order valence-corrected chi connectivity index (χ3v) is 4.21. The molecule has 0 aliphatic carbocycles. The fraction of sp³-hybridized carbons (Fsp3) is 0.650. The van der Waals surface area contributed by atoms with E-state index in [2.05, 4.69) is 22.5 Å². The first-order valence-electron chi connectivity index (χ1n) is 9.64. The SMILES string of the molecule is CCNC(=NCc1ccc(F)c(CN(C)C)c1)NC(C)COC1CCOC1.I. The zero-order valence-electron chi connectivity index (χ0n) is 17.3. The largest absolute Gasteiger partial charge is 0.379 e. The molecule has 0 radical (unpaired) electrons. The molecule has 0 saturated carbocycles. The van der Waals surface area contributed by atoms with E-state index in [0.29, 0.717) is 31.9 Å². The first-order valence-corrected chi connectivity index (χ1v) is 9.64. The number of ether oxygens (including phenoxy) is 2. The Morgan fingerprint density at radius 1 is 1.43 bits per heavy atom. The molecule has 0 spiro atoms. The number of halogens is 2. The first kappa shape index (κ1) is 25.1. The summed E-state index contributed by atoms with van der Waals surface area (Å²) in [4.78, 5) is 6.58. The van der Waals surface area contributed by atoms with Crippen LogP contribution in [0.2, 0.25) is 0 Å². The second kappa shape index (κ2) is 13.3. The van der Waals surface area contributed by atoms with Gasteiger partial charge >= 0.3 is 0 Å². The molecule has 2 rings (SSSR count). The molecule has 2 unspecified atom stereocenters. The van der Waals surface area contributed by atoms with Crippen LogP contribution >= 0.6 is 24.0 Å². The molecule has 0 aromatic heterocycles. The Morgan fingerprint density at radius 2 is 2.21 bits per heavy atom. The molecule has 28 heavy (non-hydrogen) atoms. The van der Waals surface area contributed by atoms with E-state index in [1.165, 1.54) is 6.07 Å². The van der Waals surface area contributed by atoms with Gasteiger partial charge in [-0.15, -0.1) is 24.0 Å². The van der Waals surface area contributed by atoms with Gasteiger partial charge in [0.1, 0.15) is 5.82 Å². The lowest BCUT2D eigenvalue weighted by Gasteiger charge is -2.19. The molecule has 2 N–H and O–H groups in total. The lowest BCUT2D eigenvalue weighted by Crippen LogP contribution is -2.44. The van der Waals surface area contributed by atoms with Gasteiger partial charge in [0.05, 0.1) is 25.9 Å². The van der Waals surface area contributed by atoms with Gasteiger partial charge in [-0.05, 0) is 52.1 Å². The van der Waals surface area contributed by atoms with E-state index in [-0.39, 0.29) is 41.9 Å². The highest BCUT2D eigenvalue weighted by Gasteiger charge is 2.17. The zero-order chi connectivity index (χ0) is 19.6. The molecular weight excluding hydrogens is 474 g/mol. The van der Waals surface area contributed by atoms with Gasteiger partial charge in [0, 0.05) is 31.3 Å². The molecule has 1 aliphatic heterocycles. The summed E-state index contributed by atoms with van der Waals surface area (Å²) in [5.74, 6) is 0.554. The number of benzene rings is 1. The van der Waals surface area contributed by atoms with Crippen molar-refractivity contribution >= 4 is 29.9 Å². The van der Waals surface area contributed by atoms with Gasteiger partial charge < -0.3 is 25.0 Å². The fourth-order valence-electron chi connectivity index (χ4n) is 2.88. The first-order chi connectivity index (χ1) is 13.0. The summed E-state index contributed by atoms with van der Waals surface area (Å²) in [5.41, 5.74) is 1.67. The Morgan fingerprint density at radius 3 is 2.86 bits per heavy atom. The molecule has 1 fully saturated rings. The number of hydrogen-bond donors (Lipinski definition) is 2. The van der Waals surface area contributed by atoms with Crippen molar-refractivity contribution in [3.8, 4) is 0 Å². The number of aliphatic imine (C=N–C) groups is 1. The van der Waals surface area contributed by atoms with E-state index in [9.17, 15) is 4.39 Å². The molecule has 8 heteroatoms. The fourth-order valence-corrected chi connectivity index (χ4v) is 2.88. The molecule has 0 bridgehead atoms. The molecule has 160 valence electrons. The third kappa shape index (κ3) is 9.02. The highest BCUT2D eigenvalue weighted by molar-refractivity contribution is 14.0. The van der Waals surface area contributed by atoms with Crippen LogP contribution in [0.1, 0.15) is 31.4 Å². The molecular formula is C20H34FIN4O2. The molecule has 6 nitrogen and oxygen atoms in total. The van der Waals surface area contributed by atoms with Gasteiger partial charge in [0.15, 0.2) is 5.96 Å². The molecule has 1 heterocycles. The van der Waals surface area contributed by atoms with Gasteiger partial charge in [-0.25, -0.2) is 9.38 Å². The normalized spacial score (nSPS) is 18.1. The maximum atomic E-state index is 13.9. The van der Waals surface area contributed by atoms with Crippen molar-refractivity contribution in [3.63, 3.8) is 0 Å². The van der Waals surface area contributed by atoms with Crippen LogP contribution in [-0.2, 0) is 22.6 Å². The summed E-state index contributed by atoms with van der Waals surface area (Å²) in [7, 11) is 3.86. The molecule has 2 atom stereocenters. The van der Waals surface area contributed by atoms with E-state index in [4.69, 9.17) is 9.47 Å². The maximum absolute atomic E-state index is 13.9. The Balaban J connectivity index is 0.00000392. The lowest BCUT2D eigenvalue weighted by atomic mass is 10.1. The van der Waals surface area contributed by atoms with Crippen LogP contribution in [0.5, 0.6) is 0 Å². The summed E-state index contributed by atoms with van der Waals surface area (Å²) < 4.78 is 25.1. The van der Waals surface area contributed by atoms with Crippen LogP contribution in [0.25, 0.3) is 0 Å². The van der Waals surface area contributed by atoms with E-state index in [1.54, 1.807) is 6.07 Å². The monoisotopic (exact) mass is 508 g/mol. The Labute approximate surface area is 185 Å². The summed E-state index contributed by atoms with van der Waals surface area (Å²) in [5, 5.41) is 6.61. The van der Waals surface area contributed by atoms with Crippen molar-refractivity contribution in [1.29, 1.82) is 0 Å². The van der Waals surface area contributed by atoms with Crippen molar-refractivity contribution in [2.75, 3.05) is 40.5 Å². The van der Waals surface area contributed by atoms with Crippen molar-refractivity contribution in [1.82, 2.24) is 15.5 Å². The van der Waals surface area contributed by atoms with E-state index in [1.807, 2.05) is 32.0 Å². The highest BCUT2D eigenvalue weighted by Crippen LogP contribution is 2.13. The summed E-state index contributed by atoms with van der Waals surface area (Å²) in [6, 6.07) is 5.31. The standard InChI is InChI=1S/C20H33FN4O2.HI/c1-5-22-20(24-15(2)13-27-18-8-9-26-14-18)23-11-16-6-7-19(21)17(10-16)12-25(3)4;/h6-7,10,15,18H,5,8-9,11-14H2,1-4H3,(H2,22,23,24);1H. The van der Waals surface area contributed by atoms with Gasteiger partial charge in [-0.1, -0.05) is 6.07 Å². The minimum Gasteiger partial charge on any atom is -0.379 e. The van der Waals surface area contributed by atoms with Gasteiger partial charge in [0.25, 0.3) is 0 Å². The van der Waals surface area contributed by atoms with Crippen molar-refractivity contribution in [3.05, 3.63) is 35.1 Å². The maximum Gasteiger partial charge on any atom is 0.191 e. The summed E-state index contributed by atoms with van der Waals surface area (Å²) in [6.45, 7) is 7.98. The lowest BCUT2D eigenvalue weighted by molar-refractivity contribution is 0.0347. The van der Waals surface area contributed by atoms with Crippen LogP contribution in [0.3, 0.4) is 0 Å². The van der Waals surface area contributed by atoms with Crippen molar-refractivity contribution in [2.24, 2.45) is 4.99 Å². The van der Waals surface area contributed by atoms with Crippen LogP contribution in [0, 0.1) is 5.82 Å². The molecule has 0 amide bonds. The topological polar surface area (TPSA) is 58.1 Å². The van der Waals surface area contributed by atoms with Gasteiger partial charge in [0.2, 0.25) is 0 Å². The number of nitrogens with one attached hydrogen (secondary N) is 2. The Hall–Kier alpha value is -0.970. The molecule has 1 aromatic rings. The summed E-state index contributed by atoms with van der Waals surface area (Å²) >= 11 is 0. The Bertz CT molecular complexity index is 610. The molecule has 1 aliphatic rings. The van der Waals surface area contributed by atoms with E-state index in [0.717, 1.165) is 31.1 Å². The van der Waals surface area contributed by atoms with Crippen LogP contribution in [0.4, 0.5) is 4.39 Å². The quantitative estimate of drug-likeness (QED) is 0.305. The smallest absolute Gasteiger partial charge is 0.191 e. The van der Waals surface area contributed by atoms with Crippen LogP contribution < -0.4 is 10.6 Å². The predicted octanol–water partition coefficient (Wildman–Crippen LogP) is 2.75. The predicted molar refractivity (Wildman–Crippen MR) is 122 cm³/mol. The highest BCUT2D eigenvalue weighted by atomic mass is 127. The minimum atomic E-state index is -0.178. The molecule has 1 aromatic carbocycles. The summed E-state index contributed by atoms with van der Waals surface area (Å²) in [6.07, 6.45) is 1.16. The van der Waals surface area contributed by atoms with Crippen LogP contribution in [-0.4, -0.2) is 63.5 Å². The van der Waals surface area contributed by atoms with Crippen molar-refractivity contribution < 1.29 is 13.9 Å². The van der Waals surface area contributed by atoms with Crippen LogP contribution in [0.15, 0.2) is 23.2 Å². The van der Waals surface area contributed by atoms with Crippen molar-refractivity contribution in [2.45, 2.75) is 45.5 Å². The average molecular weight is 508 g/mol. The van der Waals surface area contributed by atoms with Gasteiger partial charge in [-0.3, -0.25) is 0 Å². The minimum absolute atomic E-state index is 0. The second-order valence-electron chi connectivity index (χ2n) is 7.22. The number of nitrogens with zero attached hydrogens (tertiary/aromatic N) is 2. The number of guanidine groups is 1. The molecule has 1 saturated heterocycles. The second-order valence-corrected chi connectivity index (χ2v) is 7.22. The Kier molecular flexibility index (Phi) is 11.9. The van der Waals surface area contributed by atoms with E-state index < -0.39 is 0 Å². The number of rotatable bonds is 9. The third-order valence-electron chi connectivity index (χ3n) is 4.21. The average Bonchev–Trinajstić information content (AvgIpc) is 3.14. The van der Waals surface area contributed by atoms with E-state index >= 15 is 0 Å². The van der Waals surface area contributed by atoms with Gasteiger partial charge in [-0.2, -0.15) is 0 Å². The number of hydrogen-bond acceptors (Lipinski definition) is 4.